The van der Waals surface area contributed by atoms with Gasteiger partial charge in [0.25, 0.3) is 0 Å². The van der Waals surface area contributed by atoms with Crippen molar-refractivity contribution in [1.82, 2.24) is 0 Å². The summed E-state index contributed by atoms with van der Waals surface area (Å²) < 4.78 is 122. The second-order valence-electron chi connectivity index (χ2n) is 5.93. The third-order valence-electron chi connectivity index (χ3n) is 3.95. The lowest BCUT2D eigenvalue weighted by molar-refractivity contribution is -0.397. The van der Waals surface area contributed by atoms with Gasteiger partial charge in [-0.15, -0.1) is 0 Å². The summed E-state index contributed by atoms with van der Waals surface area (Å²) in [5.74, 6) is -25.5. The monoisotopic (exact) mass is 435 g/mol. The summed E-state index contributed by atoms with van der Waals surface area (Å²) in [7, 11) is 0. The van der Waals surface area contributed by atoms with Gasteiger partial charge in [0.15, 0.2) is 0 Å². The highest BCUT2D eigenvalue weighted by Gasteiger charge is 2.81. The number of rotatable bonds is 8. The average molecular weight is 435 g/mol. The van der Waals surface area contributed by atoms with Crippen molar-refractivity contribution in [3.63, 3.8) is 0 Å². The molecule has 2 unspecified atom stereocenters. The van der Waals surface area contributed by atoms with Crippen LogP contribution in [0.3, 0.4) is 0 Å². The highest BCUT2D eigenvalue weighted by molar-refractivity contribution is 5.79. The van der Waals surface area contributed by atoms with Gasteiger partial charge in [-0.2, -0.15) is 44.8 Å². The lowest BCUT2D eigenvalue weighted by Crippen LogP contribution is -2.61. The maximum Gasteiger partial charge on any atom is 0.460 e. The molecule has 0 amide bonds. The average Bonchev–Trinajstić information content (AvgIpc) is 2.60. The molecule has 0 aromatic heterocycles. The van der Waals surface area contributed by atoms with E-state index in [0.717, 1.165) is 18.2 Å². The van der Waals surface area contributed by atoms with Crippen LogP contribution in [0.5, 0.6) is 0 Å². The Balaban J connectivity index is 3.37. The number of nitrogens with zero attached hydrogens (tertiary/aromatic N) is 1. The number of nitriles is 1. The number of esters is 1. The quantitative estimate of drug-likeness (QED) is 0.410. The van der Waals surface area contributed by atoms with Gasteiger partial charge in [0, 0.05) is 6.42 Å². The predicted octanol–water partition coefficient (Wildman–Crippen LogP) is 5.33. The highest BCUT2D eigenvalue weighted by Crippen LogP contribution is 2.55. The number of benzene rings is 1. The molecule has 1 aromatic rings. The molecule has 1 aromatic carbocycles. The van der Waals surface area contributed by atoms with Gasteiger partial charge in [-0.25, -0.2) is 0 Å². The molecule has 12 heteroatoms. The van der Waals surface area contributed by atoms with Crippen molar-refractivity contribution in [2.75, 3.05) is 6.61 Å². The molecule has 0 radical (unpaired) electrons. The molecule has 0 fully saturated rings. The molecule has 29 heavy (non-hydrogen) atoms. The standard InChI is InChI=1S/C17H14F9NO2/c1-2-29-13(28)12(10-6-4-3-5-7-10)11(9-27)8-14(18,19)15(20,21)16(22,23)17(24,25)26/h3-7,11-12H,2,8H2,1H3. The molecule has 0 spiro atoms. The molecule has 0 aliphatic heterocycles. The van der Waals surface area contributed by atoms with E-state index < -0.39 is 48.2 Å². The van der Waals surface area contributed by atoms with E-state index in [1.54, 1.807) is 0 Å². The van der Waals surface area contributed by atoms with Crippen molar-refractivity contribution in [3.8, 4) is 6.07 Å². The van der Waals surface area contributed by atoms with E-state index in [9.17, 15) is 44.3 Å². The molecule has 0 aliphatic rings. The maximum absolute atomic E-state index is 14.0. The van der Waals surface area contributed by atoms with E-state index in [0.29, 0.717) is 0 Å². The van der Waals surface area contributed by atoms with Crippen LogP contribution in [0.2, 0.25) is 0 Å². The smallest absolute Gasteiger partial charge is 0.460 e. The second-order valence-corrected chi connectivity index (χ2v) is 5.93. The van der Waals surface area contributed by atoms with Crippen molar-refractivity contribution in [2.45, 2.75) is 43.2 Å². The topological polar surface area (TPSA) is 50.1 Å². The first-order valence-corrected chi connectivity index (χ1v) is 7.95. The van der Waals surface area contributed by atoms with Crippen LogP contribution in [0.15, 0.2) is 30.3 Å². The molecular formula is C17H14F9NO2. The van der Waals surface area contributed by atoms with Crippen LogP contribution < -0.4 is 0 Å². The first kappa shape index (κ1) is 24.6. The van der Waals surface area contributed by atoms with E-state index in [4.69, 9.17) is 5.26 Å². The fraction of sp³-hybridized carbons (Fsp3) is 0.529. The lowest BCUT2D eigenvalue weighted by atomic mass is 9.81. The van der Waals surface area contributed by atoms with Crippen molar-refractivity contribution in [1.29, 1.82) is 5.26 Å². The largest absolute Gasteiger partial charge is 0.465 e. The number of hydrogen-bond donors (Lipinski definition) is 0. The summed E-state index contributed by atoms with van der Waals surface area (Å²) in [6, 6.07) is 7.48. The molecule has 0 bridgehead atoms. The van der Waals surface area contributed by atoms with Crippen molar-refractivity contribution in [2.24, 2.45) is 5.92 Å². The van der Waals surface area contributed by atoms with Gasteiger partial charge >= 0.3 is 29.9 Å². The van der Waals surface area contributed by atoms with E-state index in [1.807, 2.05) is 0 Å². The van der Waals surface area contributed by atoms with E-state index in [1.165, 1.54) is 25.1 Å². The molecule has 162 valence electrons. The minimum Gasteiger partial charge on any atom is -0.465 e. The number of halogens is 9. The first-order chi connectivity index (χ1) is 13.1. The van der Waals surface area contributed by atoms with E-state index in [-0.39, 0.29) is 12.2 Å². The van der Waals surface area contributed by atoms with Gasteiger partial charge in [-0.05, 0) is 12.5 Å². The van der Waals surface area contributed by atoms with Gasteiger partial charge in [0.1, 0.15) is 0 Å². The Hall–Kier alpha value is -2.45. The van der Waals surface area contributed by atoms with E-state index in [2.05, 4.69) is 4.74 Å². The van der Waals surface area contributed by atoms with Crippen LogP contribution in [-0.4, -0.2) is 36.5 Å². The zero-order valence-electron chi connectivity index (χ0n) is 14.6. The molecule has 0 saturated heterocycles. The van der Waals surface area contributed by atoms with Crippen molar-refractivity contribution < 1.29 is 49.0 Å². The summed E-state index contributed by atoms with van der Waals surface area (Å²) in [5, 5.41) is 9.12. The normalized spacial score (nSPS) is 15.3. The second kappa shape index (κ2) is 8.51. The SMILES string of the molecule is CCOC(=O)C(c1ccccc1)C(C#N)CC(F)(F)C(F)(F)C(F)(F)C(F)(F)F. The Labute approximate surface area is 159 Å². The number of ether oxygens (including phenoxy) is 1. The van der Waals surface area contributed by atoms with Gasteiger partial charge in [0.05, 0.1) is 24.5 Å². The number of carbonyl (C=O) groups is 1. The zero-order chi connectivity index (χ0) is 22.7. The number of alkyl halides is 9. The molecular weight excluding hydrogens is 421 g/mol. The fourth-order valence-electron chi connectivity index (χ4n) is 2.48. The molecule has 3 nitrogen and oxygen atoms in total. The molecule has 0 N–H and O–H groups in total. The summed E-state index contributed by atoms with van der Waals surface area (Å²) in [6.45, 7) is 1.02. The summed E-state index contributed by atoms with van der Waals surface area (Å²) in [4.78, 5) is 12.1. The number of hydrogen-bond acceptors (Lipinski definition) is 3. The first-order valence-electron chi connectivity index (χ1n) is 7.95. The van der Waals surface area contributed by atoms with Crippen LogP contribution in [0.1, 0.15) is 24.8 Å². The van der Waals surface area contributed by atoms with Crippen LogP contribution in [-0.2, 0) is 9.53 Å². The minimum atomic E-state index is -7.07. The Morgan fingerprint density at radius 2 is 1.52 bits per heavy atom. The maximum atomic E-state index is 14.0. The fourth-order valence-corrected chi connectivity index (χ4v) is 2.48. The van der Waals surface area contributed by atoms with Crippen LogP contribution in [0.25, 0.3) is 0 Å². The summed E-state index contributed by atoms with van der Waals surface area (Å²) >= 11 is 0. The van der Waals surface area contributed by atoms with Crippen LogP contribution in [0.4, 0.5) is 39.5 Å². The Bertz CT molecular complexity index is 742. The van der Waals surface area contributed by atoms with Gasteiger partial charge in [-0.1, -0.05) is 30.3 Å². The van der Waals surface area contributed by atoms with Gasteiger partial charge < -0.3 is 4.74 Å². The number of carbonyl (C=O) groups excluding carboxylic acids is 1. The van der Waals surface area contributed by atoms with Gasteiger partial charge in [0.2, 0.25) is 0 Å². The third-order valence-corrected chi connectivity index (χ3v) is 3.95. The van der Waals surface area contributed by atoms with Crippen LogP contribution >= 0.6 is 0 Å². The Morgan fingerprint density at radius 1 is 1.00 bits per heavy atom. The molecule has 0 heterocycles. The molecule has 1 rings (SSSR count). The lowest BCUT2D eigenvalue weighted by Gasteiger charge is -2.35. The molecule has 2 atom stereocenters. The molecule has 0 aliphatic carbocycles. The van der Waals surface area contributed by atoms with Crippen molar-refractivity contribution in [3.05, 3.63) is 35.9 Å². The Morgan fingerprint density at radius 3 is 1.93 bits per heavy atom. The van der Waals surface area contributed by atoms with Gasteiger partial charge in [-0.3, -0.25) is 4.79 Å². The Kier molecular flexibility index (Phi) is 7.21. The zero-order valence-corrected chi connectivity index (χ0v) is 14.6. The van der Waals surface area contributed by atoms with E-state index >= 15 is 0 Å². The minimum absolute atomic E-state index is 0.140. The third kappa shape index (κ3) is 4.76. The molecule has 0 saturated carbocycles. The highest BCUT2D eigenvalue weighted by atomic mass is 19.4. The summed E-state index contributed by atoms with van der Waals surface area (Å²) in [6.07, 6.45) is -9.41. The summed E-state index contributed by atoms with van der Waals surface area (Å²) in [5.41, 5.74) is -0.140. The predicted molar refractivity (Wildman–Crippen MR) is 80.4 cm³/mol. The van der Waals surface area contributed by atoms with Crippen LogP contribution in [0, 0.1) is 17.2 Å². The van der Waals surface area contributed by atoms with Crippen molar-refractivity contribution >= 4 is 5.97 Å².